The van der Waals surface area contributed by atoms with Crippen molar-refractivity contribution in [3.8, 4) is 11.5 Å². The van der Waals surface area contributed by atoms with Crippen LogP contribution in [0.2, 0.25) is 10.0 Å². The quantitative estimate of drug-likeness (QED) is 0.686. The van der Waals surface area contributed by atoms with Crippen molar-refractivity contribution in [1.82, 2.24) is 4.90 Å². The van der Waals surface area contributed by atoms with Crippen LogP contribution in [0.4, 0.5) is 5.69 Å². The van der Waals surface area contributed by atoms with Crippen LogP contribution in [-0.4, -0.2) is 50.2 Å². The van der Waals surface area contributed by atoms with E-state index in [9.17, 15) is 4.79 Å². The summed E-state index contributed by atoms with van der Waals surface area (Å²) in [7, 11) is 1.65. The standard InChI is InChI=1S/C21H24Cl2N2O3/c1-3-19(28-20-14-15(22)4-9-18(20)23)21(26)25-12-10-24(11-13-25)16-5-7-17(27-2)8-6-16/h4-9,14,19H,3,10-13H2,1-2H3. The number of rotatable bonds is 6. The van der Waals surface area contributed by atoms with Crippen molar-refractivity contribution in [2.75, 3.05) is 38.2 Å². The minimum absolute atomic E-state index is 0.0204. The molecular weight excluding hydrogens is 399 g/mol. The van der Waals surface area contributed by atoms with Crippen LogP contribution in [0.5, 0.6) is 11.5 Å². The Morgan fingerprint density at radius 1 is 1.07 bits per heavy atom. The molecule has 2 aromatic rings. The van der Waals surface area contributed by atoms with E-state index >= 15 is 0 Å². The maximum Gasteiger partial charge on any atom is 0.263 e. The van der Waals surface area contributed by atoms with E-state index in [1.807, 2.05) is 36.1 Å². The fourth-order valence-corrected chi connectivity index (χ4v) is 3.54. The average Bonchev–Trinajstić information content (AvgIpc) is 2.74. The Kier molecular flexibility index (Phi) is 6.92. The first-order chi connectivity index (χ1) is 13.5. The van der Waals surface area contributed by atoms with Gasteiger partial charge in [0.15, 0.2) is 6.10 Å². The third kappa shape index (κ3) is 4.83. The molecular formula is C21H24Cl2N2O3. The largest absolute Gasteiger partial charge is 0.497 e. The van der Waals surface area contributed by atoms with E-state index in [1.165, 1.54) is 0 Å². The maximum absolute atomic E-state index is 12.9. The first-order valence-corrected chi connectivity index (χ1v) is 10.1. The van der Waals surface area contributed by atoms with Crippen molar-refractivity contribution in [3.05, 3.63) is 52.5 Å². The van der Waals surface area contributed by atoms with E-state index in [-0.39, 0.29) is 5.91 Å². The predicted molar refractivity (Wildman–Crippen MR) is 113 cm³/mol. The first-order valence-electron chi connectivity index (χ1n) is 9.31. The van der Waals surface area contributed by atoms with E-state index in [1.54, 1.807) is 25.3 Å². The predicted octanol–water partition coefficient (Wildman–Crippen LogP) is 4.51. The van der Waals surface area contributed by atoms with Gasteiger partial charge >= 0.3 is 0 Å². The number of nitrogens with zero attached hydrogens (tertiary/aromatic N) is 2. The lowest BCUT2D eigenvalue weighted by Crippen LogP contribution is -2.52. The Morgan fingerprint density at radius 2 is 1.75 bits per heavy atom. The van der Waals surface area contributed by atoms with Gasteiger partial charge in [0.1, 0.15) is 11.5 Å². The summed E-state index contributed by atoms with van der Waals surface area (Å²) in [6.07, 6.45) is -0.0242. The zero-order chi connectivity index (χ0) is 20.1. The third-order valence-corrected chi connectivity index (χ3v) is 5.38. The molecule has 2 aromatic carbocycles. The van der Waals surface area contributed by atoms with Crippen molar-refractivity contribution in [3.63, 3.8) is 0 Å². The molecule has 0 N–H and O–H groups in total. The van der Waals surface area contributed by atoms with Gasteiger partial charge in [0.05, 0.1) is 12.1 Å². The summed E-state index contributed by atoms with van der Waals surface area (Å²) in [6.45, 7) is 4.76. The molecule has 1 aliphatic rings. The van der Waals surface area contributed by atoms with Crippen LogP contribution in [0.25, 0.3) is 0 Å². The average molecular weight is 423 g/mol. The zero-order valence-corrected chi connectivity index (χ0v) is 17.5. The molecule has 7 heteroatoms. The van der Waals surface area contributed by atoms with Crippen LogP contribution in [0.1, 0.15) is 13.3 Å². The van der Waals surface area contributed by atoms with Crippen LogP contribution >= 0.6 is 23.2 Å². The maximum atomic E-state index is 12.9. The number of halogens is 2. The summed E-state index contributed by atoms with van der Waals surface area (Å²) < 4.78 is 11.1. The van der Waals surface area contributed by atoms with Crippen LogP contribution in [-0.2, 0) is 4.79 Å². The number of carbonyl (C=O) groups is 1. The smallest absolute Gasteiger partial charge is 0.263 e. The Labute approximate surface area is 175 Å². The van der Waals surface area contributed by atoms with E-state index in [4.69, 9.17) is 32.7 Å². The topological polar surface area (TPSA) is 42.0 Å². The lowest BCUT2D eigenvalue weighted by atomic mass is 10.2. The number of anilines is 1. The second-order valence-corrected chi connectivity index (χ2v) is 7.44. The Balaban J connectivity index is 1.60. The lowest BCUT2D eigenvalue weighted by molar-refractivity contribution is -0.139. The van der Waals surface area contributed by atoms with Crippen molar-refractivity contribution in [2.45, 2.75) is 19.4 Å². The molecule has 1 heterocycles. The number of amides is 1. The summed E-state index contributed by atoms with van der Waals surface area (Å²) in [4.78, 5) is 17.1. The van der Waals surface area contributed by atoms with Gasteiger partial charge in [-0.1, -0.05) is 30.1 Å². The number of piperazine rings is 1. The second kappa shape index (κ2) is 9.39. The van der Waals surface area contributed by atoms with Crippen LogP contribution in [0.3, 0.4) is 0 Å². The fourth-order valence-electron chi connectivity index (χ4n) is 3.21. The number of hydrogen-bond donors (Lipinski definition) is 0. The van der Waals surface area contributed by atoms with Gasteiger partial charge < -0.3 is 19.3 Å². The normalized spacial score (nSPS) is 15.3. The van der Waals surface area contributed by atoms with Crippen LogP contribution in [0, 0.1) is 0 Å². The first kappa shape index (κ1) is 20.6. The SMILES string of the molecule is CCC(Oc1cc(Cl)ccc1Cl)C(=O)N1CCN(c2ccc(OC)cc2)CC1. The molecule has 1 unspecified atom stereocenters. The monoisotopic (exact) mass is 422 g/mol. The van der Waals surface area contributed by atoms with Gasteiger partial charge in [-0.05, 0) is 42.8 Å². The lowest BCUT2D eigenvalue weighted by Gasteiger charge is -2.37. The van der Waals surface area contributed by atoms with Crippen molar-refractivity contribution >= 4 is 34.8 Å². The fraction of sp³-hybridized carbons (Fsp3) is 0.381. The van der Waals surface area contributed by atoms with E-state index in [0.717, 1.165) is 24.5 Å². The highest BCUT2D eigenvalue weighted by Gasteiger charge is 2.28. The number of ether oxygens (including phenoxy) is 2. The van der Waals surface area contributed by atoms with Gasteiger partial charge in [0.25, 0.3) is 5.91 Å². The molecule has 0 aromatic heterocycles. The molecule has 3 rings (SSSR count). The van der Waals surface area contributed by atoms with Crippen molar-refractivity contribution in [2.24, 2.45) is 0 Å². The number of carbonyl (C=O) groups excluding carboxylic acids is 1. The minimum Gasteiger partial charge on any atom is -0.497 e. The third-order valence-electron chi connectivity index (χ3n) is 4.84. The van der Waals surface area contributed by atoms with Gasteiger partial charge in [0, 0.05) is 43.0 Å². The van der Waals surface area contributed by atoms with Gasteiger partial charge in [-0.25, -0.2) is 0 Å². The second-order valence-electron chi connectivity index (χ2n) is 6.60. The Hall–Kier alpha value is -2.11. The molecule has 1 fully saturated rings. The summed E-state index contributed by atoms with van der Waals surface area (Å²) >= 11 is 12.2. The molecule has 0 bridgehead atoms. The number of benzene rings is 2. The summed E-state index contributed by atoms with van der Waals surface area (Å²) in [5.41, 5.74) is 1.13. The molecule has 1 aliphatic heterocycles. The highest BCUT2D eigenvalue weighted by Crippen LogP contribution is 2.29. The molecule has 28 heavy (non-hydrogen) atoms. The zero-order valence-electron chi connectivity index (χ0n) is 16.0. The molecule has 1 atom stereocenters. The van der Waals surface area contributed by atoms with Gasteiger partial charge in [-0.3, -0.25) is 4.79 Å². The summed E-state index contributed by atoms with van der Waals surface area (Å²) in [5.74, 6) is 1.25. The highest BCUT2D eigenvalue weighted by molar-refractivity contribution is 6.34. The minimum atomic E-state index is -0.580. The summed E-state index contributed by atoms with van der Waals surface area (Å²) in [5, 5.41) is 0.967. The molecule has 0 spiro atoms. The van der Waals surface area contributed by atoms with E-state index in [2.05, 4.69) is 4.90 Å². The van der Waals surface area contributed by atoms with Crippen LogP contribution < -0.4 is 14.4 Å². The number of methoxy groups -OCH3 is 1. The van der Waals surface area contributed by atoms with Crippen molar-refractivity contribution in [1.29, 1.82) is 0 Å². The van der Waals surface area contributed by atoms with Gasteiger partial charge in [-0.15, -0.1) is 0 Å². The van der Waals surface area contributed by atoms with Crippen molar-refractivity contribution < 1.29 is 14.3 Å². The summed E-state index contributed by atoms with van der Waals surface area (Å²) in [6, 6.07) is 13.0. The Morgan fingerprint density at radius 3 is 2.36 bits per heavy atom. The molecule has 1 saturated heterocycles. The van der Waals surface area contributed by atoms with Gasteiger partial charge in [0.2, 0.25) is 0 Å². The number of hydrogen-bond acceptors (Lipinski definition) is 4. The molecule has 150 valence electrons. The van der Waals surface area contributed by atoms with E-state index < -0.39 is 6.10 Å². The van der Waals surface area contributed by atoms with Gasteiger partial charge in [-0.2, -0.15) is 0 Å². The molecule has 1 amide bonds. The molecule has 0 radical (unpaired) electrons. The Bertz CT molecular complexity index is 806. The molecule has 0 saturated carbocycles. The molecule has 0 aliphatic carbocycles. The van der Waals surface area contributed by atoms with Crippen LogP contribution in [0.15, 0.2) is 42.5 Å². The highest BCUT2D eigenvalue weighted by atomic mass is 35.5. The van der Waals surface area contributed by atoms with E-state index in [0.29, 0.717) is 35.3 Å². The molecule has 5 nitrogen and oxygen atoms in total.